The van der Waals surface area contributed by atoms with Gasteiger partial charge in [0.1, 0.15) is 18.1 Å². The van der Waals surface area contributed by atoms with Gasteiger partial charge in [-0.25, -0.2) is 0 Å². The first-order chi connectivity index (χ1) is 27.6. The van der Waals surface area contributed by atoms with Gasteiger partial charge in [0.2, 0.25) is 0 Å². The van der Waals surface area contributed by atoms with Crippen LogP contribution in [0.4, 0.5) is 0 Å². The molecule has 0 fully saturated rings. The fraction of sp³-hybridized carbons (Fsp3) is 0.354. The highest BCUT2D eigenvalue weighted by Crippen LogP contribution is 2.28. The number of ether oxygens (including phenoxy) is 6. The number of ketones is 1. The summed E-state index contributed by atoms with van der Waals surface area (Å²) in [5, 5.41) is 9.54. The van der Waals surface area contributed by atoms with Crippen molar-refractivity contribution in [1.82, 2.24) is 0 Å². The number of aromatic hydroxyl groups is 1. The molecule has 5 aromatic carbocycles. The van der Waals surface area contributed by atoms with Gasteiger partial charge in [-0.05, 0) is 69.8 Å². The Balaban J connectivity index is 0.00000172. The van der Waals surface area contributed by atoms with E-state index in [9.17, 15) is 9.90 Å². The first-order valence-electron chi connectivity index (χ1n) is 19.8. The number of carbonyl (C=O) groups excluding carboxylic acids is 1. The van der Waals surface area contributed by atoms with E-state index in [4.69, 9.17) is 28.4 Å². The lowest BCUT2D eigenvalue weighted by atomic mass is 9.96. The Labute approximate surface area is 335 Å². The fourth-order valence-corrected chi connectivity index (χ4v) is 5.17. The van der Waals surface area contributed by atoms with Crippen LogP contribution in [-0.2, 0) is 23.7 Å². The van der Waals surface area contributed by atoms with Crippen LogP contribution in [0.2, 0.25) is 0 Å². The third-order valence-corrected chi connectivity index (χ3v) is 7.94. The molecular formula is C48H62O8. The van der Waals surface area contributed by atoms with Crippen LogP contribution in [0.1, 0.15) is 57.5 Å². The van der Waals surface area contributed by atoms with E-state index >= 15 is 0 Å². The van der Waals surface area contributed by atoms with Crippen molar-refractivity contribution in [1.29, 1.82) is 0 Å². The average Bonchev–Trinajstić information content (AvgIpc) is 3.27. The molecule has 56 heavy (non-hydrogen) atoms. The highest BCUT2D eigenvalue weighted by molar-refractivity contribution is 6.09. The van der Waals surface area contributed by atoms with Gasteiger partial charge < -0.3 is 33.5 Å². The van der Waals surface area contributed by atoms with E-state index in [1.165, 1.54) is 0 Å². The second-order valence-corrected chi connectivity index (χ2v) is 11.4. The summed E-state index contributed by atoms with van der Waals surface area (Å²) in [7, 11) is 1.64. The second kappa shape index (κ2) is 29.5. The standard InChI is InChI=1S/C42H44O8.3C2H6/c1-45-22-23-46-24-25-47-26-27-48-28-29-49-30-31-50-41-20-16-39(17-21-41)42(44)38-12-10-36(11-13-38)34-4-2-32(3-5-34)33-6-8-35(9-7-33)37-14-18-40(43)19-15-37;3*1-2/h2-21,43H,22-31H2,1H3;3*1-2H3. The van der Waals surface area contributed by atoms with Crippen molar-refractivity contribution in [3.8, 4) is 44.9 Å². The van der Waals surface area contributed by atoms with Crippen LogP contribution in [0.5, 0.6) is 11.5 Å². The number of hydrogen-bond acceptors (Lipinski definition) is 8. The largest absolute Gasteiger partial charge is 0.508 e. The van der Waals surface area contributed by atoms with Gasteiger partial charge in [0.05, 0.1) is 59.5 Å². The first kappa shape index (κ1) is 47.3. The monoisotopic (exact) mass is 766 g/mol. The van der Waals surface area contributed by atoms with E-state index in [-0.39, 0.29) is 11.5 Å². The van der Waals surface area contributed by atoms with Crippen LogP contribution >= 0.6 is 0 Å². The van der Waals surface area contributed by atoms with E-state index in [1.807, 2.05) is 77.9 Å². The summed E-state index contributed by atoms with van der Waals surface area (Å²) in [6.45, 7) is 17.0. The van der Waals surface area contributed by atoms with Gasteiger partial charge in [-0.2, -0.15) is 0 Å². The molecule has 0 unspecified atom stereocenters. The molecule has 0 saturated heterocycles. The molecule has 0 aromatic heterocycles. The molecule has 0 aliphatic heterocycles. The molecule has 0 spiro atoms. The van der Waals surface area contributed by atoms with Crippen LogP contribution in [0.15, 0.2) is 121 Å². The molecular weight excluding hydrogens is 705 g/mol. The Hall–Kier alpha value is -4.83. The van der Waals surface area contributed by atoms with Gasteiger partial charge in [0.15, 0.2) is 5.78 Å². The normalized spacial score (nSPS) is 10.2. The topological polar surface area (TPSA) is 92.7 Å². The zero-order chi connectivity index (χ0) is 40.8. The molecule has 0 atom stereocenters. The number of phenols is 1. The molecule has 0 aliphatic rings. The first-order valence-corrected chi connectivity index (χ1v) is 19.8. The van der Waals surface area contributed by atoms with Crippen molar-refractivity contribution in [2.24, 2.45) is 0 Å². The van der Waals surface area contributed by atoms with Crippen LogP contribution in [0, 0.1) is 0 Å². The number of hydrogen-bond donors (Lipinski definition) is 1. The zero-order valence-electron chi connectivity index (χ0n) is 34.4. The molecule has 8 heteroatoms. The van der Waals surface area contributed by atoms with E-state index in [2.05, 4.69) is 48.5 Å². The Morgan fingerprint density at radius 3 is 1.00 bits per heavy atom. The van der Waals surface area contributed by atoms with Gasteiger partial charge >= 0.3 is 0 Å². The predicted molar refractivity (Wildman–Crippen MR) is 229 cm³/mol. The van der Waals surface area contributed by atoms with Crippen LogP contribution in [0.3, 0.4) is 0 Å². The lowest BCUT2D eigenvalue weighted by Gasteiger charge is -2.09. The molecule has 0 saturated carbocycles. The molecule has 5 rings (SSSR count). The summed E-state index contributed by atoms with van der Waals surface area (Å²) in [5.41, 5.74) is 7.74. The Morgan fingerprint density at radius 2 is 0.661 bits per heavy atom. The summed E-state index contributed by atoms with van der Waals surface area (Å²) in [6, 6.07) is 38.9. The molecule has 0 amide bonds. The molecule has 1 N–H and O–H groups in total. The quantitative estimate of drug-likeness (QED) is 0.0583. The van der Waals surface area contributed by atoms with E-state index in [0.29, 0.717) is 82.9 Å². The van der Waals surface area contributed by atoms with Gasteiger partial charge in [-0.3, -0.25) is 4.79 Å². The van der Waals surface area contributed by atoms with Crippen LogP contribution in [0.25, 0.3) is 33.4 Å². The third-order valence-electron chi connectivity index (χ3n) is 7.94. The van der Waals surface area contributed by atoms with Crippen molar-refractivity contribution in [3.63, 3.8) is 0 Å². The van der Waals surface area contributed by atoms with Crippen molar-refractivity contribution in [2.45, 2.75) is 41.5 Å². The summed E-state index contributed by atoms with van der Waals surface area (Å²) in [6.07, 6.45) is 0. The summed E-state index contributed by atoms with van der Waals surface area (Å²) >= 11 is 0. The molecule has 0 bridgehead atoms. The Kier molecular flexibility index (Phi) is 24.9. The van der Waals surface area contributed by atoms with Crippen molar-refractivity contribution in [3.05, 3.63) is 132 Å². The van der Waals surface area contributed by atoms with E-state index in [0.717, 1.165) is 33.4 Å². The summed E-state index contributed by atoms with van der Waals surface area (Å²) in [4.78, 5) is 13.1. The second-order valence-electron chi connectivity index (χ2n) is 11.4. The maximum atomic E-state index is 13.1. The number of benzene rings is 5. The average molecular weight is 767 g/mol. The van der Waals surface area contributed by atoms with Gasteiger partial charge in [-0.1, -0.05) is 126 Å². The lowest BCUT2D eigenvalue weighted by molar-refractivity contribution is -0.00978. The lowest BCUT2D eigenvalue weighted by Crippen LogP contribution is -2.14. The van der Waals surface area contributed by atoms with Gasteiger partial charge in [-0.15, -0.1) is 0 Å². The minimum absolute atomic E-state index is 0.0432. The van der Waals surface area contributed by atoms with Crippen molar-refractivity contribution in [2.75, 3.05) is 73.2 Å². The fourth-order valence-electron chi connectivity index (χ4n) is 5.17. The molecule has 0 aliphatic carbocycles. The number of phenolic OH excluding ortho intramolecular Hbond substituents is 1. The number of methoxy groups -OCH3 is 1. The minimum atomic E-state index is -0.0432. The van der Waals surface area contributed by atoms with Crippen molar-refractivity contribution >= 4 is 5.78 Å². The maximum absolute atomic E-state index is 13.1. The smallest absolute Gasteiger partial charge is 0.193 e. The predicted octanol–water partition coefficient (Wildman–Crippen LogP) is 10.8. The molecule has 8 nitrogen and oxygen atoms in total. The molecule has 0 radical (unpaired) electrons. The SMILES string of the molecule is CC.CC.CC.COCCOCCOCCOCCOCCOc1ccc(C(=O)c2ccc(-c3ccc(-c4ccc(-c5ccc(O)cc5)cc4)cc3)cc2)cc1. The molecule has 5 aromatic rings. The zero-order valence-corrected chi connectivity index (χ0v) is 34.4. The summed E-state index contributed by atoms with van der Waals surface area (Å²) in [5.74, 6) is 0.894. The highest BCUT2D eigenvalue weighted by atomic mass is 16.6. The van der Waals surface area contributed by atoms with Crippen molar-refractivity contribution < 1.29 is 38.3 Å². The van der Waals surface area contributed by atoms with Crippen LogP contribution in [-0.4, -0.2) is 84.1 Å². The maximum Gasteiger partial charge on any atom is 0.193 e. The van der Waals surface area contributed by atoms with E-state index < -0.39 is 0 Å². The minimum Gasteiger partial charge on any atom is -0.508 e. The Morgan fingerprint density at radius 1 is 0.393 bits per heavy atom. The molecule has 0 heterocycles. The third kappa shape index (κ3) is 16.9. The summed E-state index contributed by atoms with van der Waals surface area (Å²) < 4.78 is 32.5. The highest BCUT2D eigenvalue weighted by Gasteiger charge is 2.10. The van der Waals surface area contributed by atoms with Crippen LogP contribution < -0.4 is 4.74 Å². The number of rotatable bonds is 21. The Bertz CT molecular complexity index is 1700. The van der Waals surface area contributed by atoms with E-state index in [1.54, 1.807) is 43.5 Å². The van der Waals surface area contributed by atoms with Gasteiger partial charge in [0, 0.05) is 18.2 Å². The number of carbonyl (C=O) groups is 1. The molecule has 302 valence electrons. The van der Waals surface area contributed by atoms with Gasteiger partial charge in [0.25, 0.3) is 0 Å².